The molecule has 1 aliphatic rings. The summed E-state index contributed by atoms with van der Waals surface area (Å²) < 4.78 is 5.93. The van der Waals surface area contributed by atoms with Gasteiger partial charge in [0.25, 0.3) is 5.91 Å². The van der Waals surface area contributed by atoms with Gasteiger partial charge in [0.2, 0.25) is 5.91 Å². The summed E-state index contributed by atoms with van der Waals surface area (Å²) in [5, 5.41) is 7.04. The zero-order chi connectivity index (χ0) is 25.5. The maximum atomic E-state index is 12.7. The summed E-state index contributed by atoms with van der Waals surface area (Å²) in [7, 11) is 0. The molecule has 2 aromatic carbocycles. The number of nitrogens with zero attached hydrogens (tertiary/aromatic N) is 3. The lowest BCUT2D eigenvalue weighted by atomic mass is 10.0. The summed E-state index contributed by atoms with van der Waals surface area (Å²) in [6, 6.07) is 14.8. The van der Waals surface area contributed by atoms with Crippen LogP contribution in [0.15, 0.2) is 48.5 Å². The van der Waals surface area contributed by atoms with Crippen LogP contribution in [-0.2, 0) is 4.79 Å². The normalized spacial score (nSPS) is 15.3. The van der Waals surface area contributed by atoms with E-state index in [0.29, 0.717) is 17.8 Å². The Kier molecular flexibility index (Phi) is 8.90. The summed E-state index contributed by atoms with van der Waals surface area (Å²) >= 11 is 1.57. The van der Waals surface area contributed by atoms with E-state index >= 15 is 0 Å². The predicted molar refractivity (Wildman–Crippen MR) is 148 cm³/mol. The second-order valence-electron chi connectivity index (χ2n) is 9.60. The van der Waals surface area contributed by atoms with E-state index in [-0.39, 0.29) is 17.7 Å². The van der Waals surface area contributed by atoms with Crippen LogP contribution in [0.2, 0.25) is 0 Å². The maximum Gasteiger partial charge on any atom is 0.253 e. The number of fused-ring (bicyclic) bond motifs is 1. The van der Waals surface area contributed by atoms with E-state index in [1.807, 2.05) is 13.8 Å². The number of hydrogen-bond acceptors (Lipinski definition) is 7. The van der Waals surface area contributed by atoms with Gasteiger partial charge in [0, 0.05) is 38.1 Å². The van der Waals surface area contributed by atoms with Crippen molar-refractivity contribution in [1.29, 1.82) is 0 Å². The summed E-state index contributed by atoms with van der Waals surface area (Å²) in [5.41, 5.74) is 6.88. The number of aromatic nitrogens is 1. The molecule has 0 radical (unpaired) electrons. The van der Waals surface area contributed by atoms with Crippen LogP contribution in [0.3, 0.4) is 0 Å². The number of piperazine rings is 1. The van der Waals surface area contributed by atoms with Gasteiger partial charge in [-0.2, -0.15) is 4.37 Å². The van der Waals surface area contributed by atoms with Crippen molar-refractivity contribution < 1.29 is 9.59 Å². The topological polar surface area (TPSA) is 104 Å². The first kappa shape index (κ1) is 26.1. The van der Waals surface area contributed by atoms with Gasteiger partial charge in [0.1, 0.15) is 5.82 Å². The molecule has 0 aliphatic carbocycles. The largest absolute Gasteiger partial charge is 0.353 e. The van der Waals surface area contributed by atoms with Crippen molar-refractivity contribution in [2.45, 2.75) is 32.7 Å². The molecule has 1 aliphatic heterocycles. The molecule has 8 nitrogen and oxygen atoms in total. The van der Waals surface area contributed by atoms with Crippen molar-refractivity contribution in [2.24, 2.45) is 11.7 Å². The van der Waals surface area contributed by atoms with Crippen molar-refractivity contribution in [1.82, 2.24) is 14.6 Å². The summed E-state index contributed by atoms with van der Waals surface area (Å²) in [6.07, 6.45) is 1.91. The zero-order valence-electron chi connectivity index (χ0n) is 21.1. The monoisotopic (exact) mass is 508 g/mol. The van der Waals surface area contributed by atoms with Gasteiger partial charge in [-0.3, -0.25) is 14.5 Å². The number of anilines is 2. The molecule has 4 rings (SSSR count). The predicted octanol–water partition coefficient (Wildman–Crippen LogP) is 3.55. The quantitative estimate of drug-likeness (QED) is 0.362. The zero-order valence-corrected chi connectivity index (χ0v) is 21.9. The van der Waals surface area contributed by atoms with Crippen molar-refractivity contribution in [2.75, 3.05) is 49.5 Å². The van der Waals surface area contributed by atoms with Crippen LogP contribution in [-0.4, -0.2) is 66.4 Å². The van der Waals surface area contributed by atoms with Gasteiger partial charge in [-0.05, 0) is 61.1 Å². The first-order valence-electron chi connectivity index (χ1n) is 12.7. The van der Waals surface area contributed by atoms with E-state index in [1.54, 1.807) is 35.8 Å². The van der Waals surface area contributed by atoms with Crippen LogP contribution in [0.4, 0.5) is 11.5 Å². The van der Waals surface area contributed by atoms with Gasteiger partial charge in [0.05, 0.1) is 22.0 Å². The van der Waals surface area contributed by atoms with Gasteiger partial charge >= 0.3 is 0 Å². The van der Waals surface area contributed by atoms with Gasteiger partial charge in [-0.1, -0.05) is 38.1 Å². The first-order chi connectivity index (χ1) is 17.4. The van der Waals surface area contributed by atoms with Crippen molar-refractivity contribution in [3.05, 3.63) is 54.1 Å². The number of nitrogens with one attached hydrogen (secondary N) is 2. The Morgan fingerprint density at radius 2 is 1.75 bits per heavy atom. The lowest BCUT2D eigenvalue weighted by Crippen LogP contribution is -2.46. The lowest BCUT2D eigenvalue weighted by molar-refractivity contribution is -0.118. The fourth-order valence-electron chi connectivity index (χ4n) is 4.35. The van der Waals surface area contributed by atoms with E-state index in [2.05, 4.69) is 49.1 Å². The molecule has 2 heterocycles. The number of carbonyl (C=O) groups excluding carboxylic acids is 2. The van der Waals surface area contributed by atoms with Crippen LogP contribution < -0.4 is 21.3 Å². The number of para-hydroxylation sites is 1. The van der Waals surface area contributed by atoms with E-state index < -0.39 is 6.04 Å². The van der Waals surface area contributed by atoms with Crippen LogP contribution in [0.5, 0.6) is 0 Å². The summed E-state index contributed by atoms with van der Waals surface area (Å²) in [6.45, 7) is 9.39. The molecule has 1 aromatic heterocycles. The number of rotatable bonds is 10. The SMILES string of the molecule is CC(C)[C@H](N)C(=O)Nc1ccccc1C(=O)NCCCCN1CCN(c2nsc3ccccc23)CC1. The number of nitrogens with two attached hydrogens (primary N) is 1. The highest BCUT2D eigenvalue weighted by molar-refractivity contribution is 7.13. The molecule has 0 unspecified atom stereocenters. The Balaban J connectivity index is 1.17. The minimum absolute atomic E-state index is 0.0150. The molecule has 36 heavy (non-hydrogen) atoms. The third-order valence-electron chi connectivity index (χ3n) is 6.67. The Morgan fingerprint density at radius 3 is 2.53 bits per heavy atom. The van der Waals surface area contributed by atoms with Crippen molar-refractivity contribution >= 4 is 44.9 Å². The molecule has 3 aromatic rings. The van der Waals surface area contributed by atoms with E-state index in [1.165, 1.54) is 10.1 Å². The smallest absolute Gasteiger partial charge is 0.253 e. The summed E-state index contributed by atoms with van der Waals surface area (Å²) in [4.78, 5) is 30.0. The van der Waals surface area contributed by atoms with E-state index in [9.17, 15) is 9.59 Å². The average Bonchev–Trinajstić information content (AvgIpc) is 3.32. The Labute approximate surface area is 217 Å². The minimum Gasteiger partial charge on any atom is -0.353 e. The van der Waals surface area contributed by atoms with Gasteiger partial charge in [0.15, 0.2) is 0 Å². The molecular formula is C27H36N6O2S. The number of hydrogen-bond donors (Lipinski definition) is 3. The molecule has 9 heteroatoms. The Bertz CT molecular complexity index is 1170. The molecule has 1 fully saturated rings. The van der Waals surface area contributed by atoms with Crippen LogP contribution >= 0.6 is 11.5 Å². The highest BCUT2D eigenvalue weighted by Gasteiger charge is 2.21. The number of amides is 2. The average molecular weight is 509 g/mol. The molecule has 4 N–H and O–H groups in total. The number of benzene rings is 2. The summed E-state index contributed by atoms with van der Waals surface area (Å²) in [5.74, 6) is 0.656. The molecule has 0 saturated carbocycles. The molecule has 1 atom stereocenters. The van der Waals surface area contributed by atoms with Gasteiger partial charge in [-0.25, -0.2) is 0 Å². The molecule has 0 bridgehead atoms. The minimum atomic E-state index is -0.621. The van der Waals surface area contributed by atoms with E-state index in [0.717, 1.165) is 51.4 Å². The van der Waals surface area contributed by atoms with Gasteiger partial charge < -0.3 is 21.3 Å². The maximum absolute atomic E-state index is 12.7. The second-order valence-corrected chi connectivity index (χ2v) is 10.4. The van der Waals surface area contributed by atoms with Gasteiger partial charge in [-0.15, -0.1) is 0 Å². The standard InChI is InChI=1S/C27H36N6O2S/c1-19(2)24(28)27(35)30-22-11-5-3-9-20(22)26(34)29-13-7-8-14-32-15-17-33(18-16-32)25-21-10-4-6-12-23(21)36-31-25/h3-6,9-12,19,24H,7-8,13-18,28H2,1-2H3,(H,29,34)(H,30,35)/t24-/m0/s1. The molecule has 0 spiro atoms. The Morgan fingerprint density at radius 1 is 1.03 bits per heavy atom. The fraction of sp³-hybridized carbons (Fsp3) is 0.444. The first-order valence-corrected chi connectivity index (χ1v) is 13.5. The molecule has 2 amide bonds. The fourth-order valence-corrected chi connectivity index (χ4v) is 5.15. The van der Waals surface area contributed by atoms with Crippen LogP contribution in [0, 0.1) is 5.92 Å². The van der Waals surface area contributed by atoms with Crippen LogP contribution in [0.1, 0.15) is 37.0 Å². The highest BCUT2D eigenvalue weighted by Crippen LogP contribution is 2.29. The number of unbranched alkanes of at least 4 members (excludes halogenated alkanes) is 1. The third kappa shape index (κ3) is 6.40. The molecular weight excluding hydrogens is 472 g/mol. The molecule has 192 valence electrons. The Hall–Kier alpha value is -3.01. The third-order valence-corrected chi connectivity index (χ3v) is 7.48. The number of carbonyl (C=O) groups is 2. The van der Waals surface area contributed by atoms with E-state index in [4.69, 9.17) is 5.73 Å². The van der Waals surface area contributed by atoms with Crippen LogP contribution in [0.25, 0.3) is 10.1 Å². The van der Waals surface area contributed by atoms with Crippen molar-refractivity contribution in [3.63, 3.8) is 0 Å². The molecule has 1 saturated heterocycles. The lowest BCUT2D eigenvalue weighted by Gasteiger charge is -2.35. The highest BCUT2D eigenvalue weighted by atomic mass is 32.1. The van der Waals surface area contributed by atoms with Crippen molar-refractivity contribution in [3.8, 4) is 0 Å². The second kappa shape index (κ2) is 12.3.